The van der Waals surface area contributed by atoms with Gasteiger partial charge in [0.2, 0.25) is 0 Å². The van der Waals surface area contributed by atoms with Gasteiger partial charge >= 0.3 is 0 Å². The van der Waals surface area contributed by atoms with Crippen molar-refractivity contribution in [2.45, 2.75) is 19.4 Å². The molecule has 0 radical (unpaired) electrons. The minimum Gasteiger partial charge on any atom is -0.411 e. The van der Waals surface area contributed by atoms with E-state index in [-0.39, 0.29) is 0 Å². The van der Waals surface area contributed by atoms with E-state index in [1.807, 2.05) is 22.9 Å². The molecule has 2 aromatic rings. The van der Waals surface area contributed by atoms with Crippen LogP contribution in [-0.2, 0) is 6.54 Å². The largest absolute Gasteiger partial charge is 0.411 e. The smallest absolute Gasteiger partial charge is 0.107 e. The van der Waals surface area contributed by atoms with E-state index in [0.717, 1.165) is 11.1 Å². The third-order valence-corrected chi connectivity index (χ3v) is 3.62. The van der Waals surface area contributed by atoms with Crippen molar-refractivity contribution in [1.82, 2.24) is 9.55 Å². The van der Waals surface area contributed by atoms with Crippen LogP contribution in [0, 0.1) is 17.8 Å². The van der Waals surface area contributed by atoms with Gasteiger partial charge in [0.1, 0.15) is 5.71 Å². The van der Waals surface area contributed by atoms with Crippen LogP contribution in [0.25, 0.3) is 0 Å². The van der Waals surface area contributed by atoms with Crippen LogP contribution in [-0.4, -0.2) is 20.5 Å². The van der Waals surface area contributed by atoms with Gasteiger partial charge in [0.25, 0.3) is 0 Å². The number of aromatic nitrogens is 2. The molecule has 0 amide bonds. The average Bonchev–Trinajstić information content (AvgIpc) is 3.18. The first-order valence-corrected chi connectivity index (χ1v) is 7.12. The number of oxime groups is 1. The molecule has 0 atom stereocenters. The van der Waals surface area contributed by atoms with Crippen LogP contribution in [0.4, 0.5) is 0 Å². The van der Waals surface area contributed by atoms with E-state index in [1.165, 1.54) is 12.8 Å². The SMILES string of the molecule is O/N=C(\Cn1ccnc1)c1ccc(C#CC2CC2)c(Cl)c1. The molecular weight excluding hydrogens is 286 g/mol. The zero-order valence-electron chi connectivity index (χ0n) is 11.3. The number of imidazole rings is 1. The summed E-state index contributed by atoms with van der Waals surface area (Å²) in [5, 5.41) is 13.1. The second-order valence-corrected chi connectivity index (χ2v) is 5.43. The van der Waals surface area contributed by atoms with E-state index in [1.54, 1.807) is 18.6 Å². The Morgan fingerprint density at radius 3 is 2.95 bits per heavy atom. The van der Waals surface area contributed by atoms with Crippen molar-refractivity contribution in [3.8, 4) is 11.8 Å². The van der Waals surface area contributed by atoms with Gasteiger partial charge in [-0.15, -0.1) is 0 Å². The monoisotopic (exact) mass is 299 g/mol. The molecule has 0 saturated heterocycles. The highest BCUT2D eigenvalue weighted by Crippen LogP contribution is 2.28. The molecule has 3 rings (SSSR count). The first kappa shape index (κ1) is 13.7. The van der Waals surface area contributed by atoms with Crippen LogP contribution in [0.1, 0.15) is 24.0 Å². The Morgan fingerprint density at radius 1 is 1.48 bits per heavy atom. The molecule has 1 N–H and O–H groups in total. The van der Waals surface area contributed by atoms with Crippen molar-refractivity contribution in [3.63, 3.8) is 0 Å². The van der Waals surface area contributed by atoms with Crippen LogP contribution in [0.5, 0.6) is 0 Å². The molecule has 1 aliphatic rings. The van der Waals surface area contributed by atoms with Gasteiger partial charge in [-0.3, -0.25) is 0 Å². The summed E-state index contributed by atoms with van der Waals surface area (Å²) in [6.07, 6.45) is 7.53. The van der Waals surface area contributed by atoms with Crippen molar-refractivity contribution in [2.24, 2.45) is 11.1 Å². The second-order valence-electron chi connectivity index (χ2n) is 5.02. The van der Waals surface area contributed by atoms with E-state index in [4.69, 9.17) is 11.6 Å². The Hall–Kier alpha value is -2.25. The average molecular weight is 300 g/mol. The van der Waals surface area contributed by atoms with E-state index in [9.17, 15) is 5.21 Å². The molecule has 0 unspecified atom stereocenters. The molecule has 1 heterocycles. The third-order valence-electron chi connectivity index (χ3n) is 3.30. The maximum absolute atomic E-state index is 9.21. The Bertz CT molecular complexity index is 722. The molecule has 1 fully saturated rings. The third kappa shape index (κ3) is 3.45. The fourth-order valence-corrected chi connectivity index (χ4v) is 2.17. The van der Waals surface area contributed by atoms with Crippen molar-refractivity contribution < 1.29 is 5.21 Å². The van der Waals surface area contributed by atoms with Crippen LogP contribution in [0.2, 0.25) is 5.02 Å². The number of benzene rings is 1. The Balaban J connectivity index is 1.81. The molecule has 21 heavy (non-hydrogen) atoms. The summed E-state index contributed by atoms with van der Waals surface area (Å²) < 4.78 is 1.82. The van der Waals surface area contributed by atoms with Gasteiger partial charge in [-0.1, -0.05) is 34.7 Å². The lowest BCUT2D eigenvalue weighted by Crippen LogP contribution is -2.10. The van der Waals surface area contributed by atoms with E-state index in [2.05, 4.69) is 22.0 Å². The van der Waals surface area contributed by atoms with Crippen molar-refractivity contribution in [1.29, 1.82) is 0 Å². The van der Waals surface area contributed by atoms with Gasteiger partial charge in [-0.2, -0.15) is 0 Å². The lowest BCUT2D eigenvalue weighted by atomic mass is 10.1. The normalized spacial score (nSPS) is 14.6. The topological polar surface area (TPSA) is 50.4 Å². The number of nitrogens with zero attached hydrogens (tertiary/aromatic N) is 3. The minimum absolute atomic E-state index is 0.430. The quantitative estimate of drug-likeness (QED) is 0.409. The predicted molar refractivity (Wildman–Crippen MR) is 81.6 cm³/mol. The molecule has 106 valence electrons. The summed E-state index contributed by atoms with van der Waals surface area (Å²) in [5.74, 6) is 6.83. The highest BCUT2D eigenvalue weighted by Gasteiger charge is 2.18. The predicted octanol–water partition coefficient (Wildman–Crippen LogP) is 3.18. The second kappa shape index (κ2) is 6.02. The molecule has 1 aromatic heterocycles. The summed E-state index contributed by atoms with van der Waals surface area (Å²) >= 11 is 6.26. The van der Waals surface area contributed by atoms with Gasteiger partial charge in [-0.25, -0.2) is 4.98 Å². The first-order valence-electron chi connectivity index (χ1n) is 6.74. The maximum Gasteiger partial charge on any atom is 0.107 e. The van der Waals surface area contributed by atoms with Gasteiger partial charge < -0.3 is 9.77 Å². The maximum atomic E-state index is 9.21. The highest BCUT2D eigenvalue weighted by molar-refractivity contribution is 6.32. The van der Waals surface area contributed by atoms with Crippen molar-refractivity contribution >= 4 is 17.3 Å². The molecular formula is C16H14ClN3O. The number of hydrogen-bond acceptors (Lipinski definition) is 3. The number of rotatable bonds is 3. The van der Waals surface area contributed by atoms with Crippen molar-refractivity contribution in [2.75, 3.05) is 0 Å². The summed E-state index contributed by atoms with van der Waals surface area (Å²) in [6, 6.07) is 5.52. The van der Waals surface area contributed by atoms with Gasteiger partial charge in [0, 0.05) is 29.4 Å². The molecule has 4 nitrogen and oxygen atoms in total. The molecule has 1 aliphatic carbocycles. The zero-order chi connectivity index (χ0) is 14.7. The van der Waals surface area contributed by atoms with Crippen LogP contribution >= 0.6 is 11.6 Å². The van der Waals surface area contributed by atoms with Gasteiger partial charge in [-0.05, 0) is 25.0 Å². The Morgan fingerprint density at radius 2 is 2.33 bits per heavy atom. The lowest BCUT2D eigenvalue weighted by Gasteiger charge is -2.07. The highest BCUT2D eigenvalue weighted by atomic mass is 35.5. The van der Waals surface area contributed by atoms with E-state index < -0.39 is 0 Å². The summed E-state index contributed by atoms with van der Waals surface area (Å²) in [5.41, 5.74) is 2.11. The van der Waals surface area contributed by atoms with Gasteiger partial charge in [0.15, 0.2) is 0 Å². The van der Waals surface area contributed by atoms with E-state index in [0.29, 0.717) is 23.2 Å². The Kier molecular flexibility index (Phi) is 3.94. The zero-order valence-corrected chi connectivity index (χ0v) is 12.1. The fourth-order valence-electron chi connectivity index (χ4n) is 1.94. The minimum atomic E-state index is 0.430. The Labute approximate surface area is 128 Å². The molecule has 0 bridgehead atoms. The number of halogens is 1. The molecule has 5 heteroatoms. The summed E-state index contributed by atoms with van der Waals surface area (Å²) in [4.78, 5) is 3.96. The van der Waals surface area contributed by atoms with Gasteiger partial charge in [0.05, 0.1) is 17.9 Å². The van der Waals surface area contributed by atoms with E-state index >= 15 is 0 Å². The fraction of sp³-hybridized carbons (Fsp3) is 0.250. The molecule has 0 aliphatic heterocycles. The molecule has 0 spiro atoms. The first-order chi connectivity index (χ1) is 10.3. The molecule has 1 saturated carbocycles. The van der Waals surface area contributed by atoms with Crippen LogP contribution in [0.3, 0.4) is 0 Å². The summed E-state index contributed by atoms with van der Waals surface area (Å²) in [7, 11) is 0. The lowest BCUT2D eigenvalue weighted by molar-refractivity contribution is 0.317. The van der Waals surface area contributed by atoms with Crippen LogP contribution in [0.15, 0.2) is 42.1 Å². The number of hydrogen-bond donors (Lipinski definition) is 1. The molecule has 1 aromatic carbocycles. The van der Waals surface area contributed by atoms with Crippen molar-refractivity contribution in [3.05, 3.63) is 53.1 Å². The standard InChI is InChI=1S/C16H14ClN3O/c17-15-9-14(6-5-13(15)4-3-12-1-2-12)16(19-21)10-20-8-7-18-11-20/h5-9,11-12,21H,1-2,10H2/b19-16+. The summed E-state index contributed by atoms with van der Waals surface area (Å²) in [6.45, 7) is 0.430. The van der Waals surface area contributed by atoms with Crippen LogP contribution < -0.4 is 0 Å².